The summed E-state index contributed by atoms with van der Waals surface area (Å²) in [4.78, 5) is 4.60. The molecule has 0 radical (unpaired) electrons. The van der Waals surface area contributed by atoms with Gasteiger partial charge in [0.25, 0.3) is 0 Å². The molecule has 0 amide bonds. The van der Waals surface area contributed by atoms with Crippen LogP contribution in [0.2, 0.25) is 0 Å². The van der Waals surface area contributed by atoms with E-state index in [0.29, 0.717) is 5.92 Å². The molecule has 1 N–H and O–H groups in total. The summed E-state index contributed by atoms with van der Waals surface area (Å²) in [5, 5.41) is 3.49. The molecule has 3 heterocycles. The van der Waals surface area contributed by atoms with Crippen LogP contribution in [0.15, 0.2) is 24.5 Å². The molecule has 0 aliphatic carbocycles. The van der Waals surface area contributed by atoms with Crippen molar-refractivity contribution in [2.45, 2.75) is 25.2 Å². The molecular formula is C14H19N3O. The Kier molecular flexibility index (Phi) is 3.19. The number of aromatic nitrogens is 2. The van der Waals surface area contributed by atoms with E-state index in [4.69, 9.17) is 4.74 Å². The van der Waals surface area contributed by atoms with E-state index in [1.54, 1.807) is 7.11 Å². The number of nitrogens with one attached hydrogen (secondary N) is 1. The van der Waals surface area contributed by atoms with Gasteiger partial charge in [-0.1, -0.05) is 6.42 Å². The molecule has 1 atom stereocenters. The highest BCUT2D eigenvalue weighted by Gasteiger charge is 2.18. The molecular weight excluding hydrogens is 226 g/mol. The summed E-state index contributed by atoms with van der Waals surface area (Å²) in [5.41, 5.74) is 1.11. The van der Waals surface area contributed by atoms with Crippen molar-refractivity contribution in [1.82, 2.24) is 14.7 Å². The lowest BCUT2D eigenvalue weighted by Crippen LogP contribution is -2.20. The zero-order valence-electron chi connectivity index (χ0n) is 10.7. The highest BCUT2D eigenvalue weighted by atomic mass is 16.5. The minimum absolute atomic E-state index is 0.517. The van der Waals surface area contributed by atoms with E-state index in [1.165, 1.54) is 25.1 Å². The zero-order chi connectivity index (χ0) is 12.4. The topological polar surface area (TPSA) is 38.6 Å². The summed E-state index contributed by atoms with van der Waals surface area (Å²) in [6.07, 6.45) is 7.76. The van der Waals surface area contributed by atoms with Crippen LogP contribution in [0, 0.1) is 0 Å². The van der Waals surface area contributed by atoms with Crippen LogP contribution < -0.4 is 10.1 Å². The lowest BCUT2D eigenvalue weighted by molar-refractivity contribution is 0.414. The first kappa shape index (κ1) is 11.5. The summed E-state index contributed by atoms with van der Waals surface area (Å²) >= 11 is 0. The largest absolute Gasteiger partial charge is 0.497 e. The second kappa shape index (κ2) is 4.98. The summed E-state index contributed by atoms with van der Waals surface area (Å²) in [6, 6.07) is 4.02. The number of methoxy groups -OCH3 is 1. The predicted molar refractivity (Wildman–Crippen MR) is 71.2 cm³/mol. The van der Waals surface area contributed by atoms with Gasteiger partial charge in [-0.25, -0.2) is 4.98 Å². The van der Waals surface area contributed by atoms with Crippen molar-refractivity contribution in [2.75, 3.05) is 20.2 Å². The van der Waals surface area contributed by atoms with Gasteiger partial charge >= 0.3 is 0 Å². The number of rotatable bonds is 2. The standard InChI is InChI=1S/C14H19N3O/c1-18-13-5-7-17-12(8-13)10-16-14(17)11-4-2-3-6-15-9-11/h5,7-8,10-11,15H,2-4,6,9H2,1H3. The van der Waals surface area contributed by atoms with Gasteiger partial charge in [0.2, 0.25) is 0 Å². The van der Waals surface area contributed by atoms with Gasteiger partial charge in [-0.2, -0.15) is 0 Å². The molecule has 18 heavy (non-hydrogen) atoms. The summed E-state index contributed by atoms with van der Waals surface area (Å²) in [6.45, 7) is 2.17. The van der Waals surface area contributed by atoms with Gasteiger partial charge < -0.3 is 14.5 Å². The minimum atomic E-state index is 0.517. The Hall–Kier alpha value is -1.55. The molecule has 1 aliphatic heterocycles. The van der Waals surface area contributed by atoms with Gasteiger partial charge in [-0.3, -0.25) is 0 Å². The van der Waals surface area contributed by atoms with Crippen molar-refractivity contribution in [1.29, 1.82) is 0 Å². The van der Waals surface area contributed by atoms with E-state index in [-0.39, 0.29) is 0 Å². The average Bonchev–Trinajstić information content (AvgIpc) is 2.64. The Balaban J connectivity index is 1.96. The third-order valence-corrected chi connectivity index (χ3v) is 3.68. The van der Waals surface area contributed by atoms with Crippen LogP contribution in [0.1, 0.15) is 31.0 Å². The fraction of sp³-hybridized carbons (Fsp3) is 0.500. The molecule has 0 saturated carbocycles. The van der Waals surface area contributed by atoms with E-state index in [9.17, 15) is 0 Å². The molecule has 0 aromatic carbocycles. The van der Waals surface area contributed by atoms with Crippen molar-refractivity contribution in [2.24, 2.45) is 0 Å². The Bertz CT molecular complexity index is 527. The second-order valence-corrected chi connectivity index (χ2v) is 4.87. The molecule has 1 unspecified atom stereocenters. The Morgan fingerprint density at radius 2 is 2.39 bits per heavy atom. The minimum Gasteiger partial charge on any atom is -0.497 e. The number of nitrogens with zero attached hydrogens (tertiary/aromatic N) is 2. The highest BCUT2D eigenvalue weighted by molar-refractivity contribution is 5.50. The predicted octanol–water partition coefficient (Wildman–Crippen LogP) is 2.20. The Morgan fingerprint density at radius 1 is 1.44 bits per heavy atom. The lowest BCUT2D eigenvalue weighted by atomic mass is 10.0. The van der Waals surface area contributed by atoms with Gasteiger partial charge in [0.05, 0.1) is 18.8 Å². The van der Waals surface area contributed by atoms with Gasteiger partial charge in [0.15, 0.2) is 0 Å². The fourth-order valence-corrected chi connectivity index (χ4v) is 2.67. The van der Waals surface area contributed by atoms with Gasteiger partial charge in [0, 0.05) is 24.7 Å². The fourth-order valence-electron chi connectivity index (χ4n) is 2.67. The SMILES string of the molecule is COc1ccn2c(C3CCCCNC3)ncc2c1. The van der Waals surface area contributed by atoms with Crippen molar-refractivity contribution in [3.63, 3.8) is 0 Å². The molecule has 2 aromatic heterocycles. The molecule has 1 aliphatic rings. The van der Waals surface area contributed by atoms with Crippen LogP contribution in [0.25, 0.3) is 5.52 Å². The molecule has 3 rings (SSSR count). The van der Waals surface area contributed by atoms with Crippen LogP contribution in [-0.4, -0.2) is 29.6 Å². The molecule has 1 fully saturated rings. The highest BCUT2D eigenvalue weighted by Crippen LogP contribution is 2.24. The number of pyridine rings is 1. The molecule has 4 heteroatoms. The number of hydrogen-bond acceptors (Lipinski definition) is 3. The summed E-state index contributed by atoms with van der Waals surface area (Å²) < 4.78 is 7.42. The van der Waals surface area contributed by atoms with Crippen LogP contribution in [0.4, 0.5) is 0 Å². The molecule has 0 spiro atoms. The monoisotopic (exact) mass is 245 g/mol. The maximum Gasteiger partial charge on any atom is 0.122 e. The number of hydrogen-bond donors (Lipinski definition) is 1. The summed E-state index contributed by atoms with van der Waals surface area (Å²) in [7, 11) is 1.69. The van der Waals surface area contributed by atoms with E-state index in [0.717, 1.165) is 24.4 Å². The molecule has 0 bridgehead atoms. The van der Waals surface area contributed by atoms with Crippen LogP contribution in [-0.2, 0) is 0 Å². The molecule has 2 aromatic rings. The van der Waals surface area contributed by atoms with Crippen LogP contribution in [0.3, 0.4) is 0 Å². The van der Waals surface area contributed by atoms with Gasteiger partial charge in [-0.05, 0) is 25.5 Å². The normalized spacial score (nSPS) is 20.8. The van der Waals surface area contributed by atoms with Crippen molar-refractivity contribution >= 4 is 5.52 Å². The van der Waals surface area contributed by atoms with Crippen LogP contribution in [0.5, 0.6) is 5.75 Å². The van der Waals surface area contributed by atoms with Gasteiger partial charge in [0.1, 0.15) is 11.6 Å². The van der Waals surface area contributed by atoms with Crippen molar-refractivity contribution in [3.05, 3.63) is 30.4 Å². The second-order valence-electron chi connectivity index (χ2n) is 4.87. The third-order valence-electron chi connectivity index (χ3n) is 3.68. The molecule has 4 nitrogen and oxygen atoms in total. The van der Waals surface area contributed by atoms with Gasteiger partial charge in [-0.15, -0.1) is 0 Å². The molecule has 96 valence electrons. The Labute approximate surface area is 107 Å². The number of imidazole rings is 1. The first-order valence-electron chi connectivity index (χ1n) is 6.60. The van der Waals surface area contributed by atoms with Crippen LogP contribution >= 0.6 is 0 Å². The molecule has 1 saturated heterocycles. The number of ether oxygens (including phenoxy) is 1. The zero-order valence-corrected chi connectivity index (χ0v) is 10.7. The maximum atomic E-state index is 5.24. The summed E-state index contributed by atoms with van der Waals surface area (Å²) in [5.74, 6) is 2.57. The first-order valence-corrected chi connectivity index (χ1v) is 6.60. The van der Waals surface area contributed by atoms with Crippen molar-refractivity contribution < 1.29 is 4.74 Å². The lowest BCUT2D eigenvalue weighted by Gasteiger charge is -2.13. The Morgan fingerprint density at radius 3 is 3.28 bits per heavy atom. The quantitative estimate of drug-likeness (QED) is 0.881. The maximum absolute atomic E-state index is 5.24. The van der Waals surface area contributed by atoms with E-state index >= 15 is 0 Å². The van der Waals surface area contributed by atoms with E-state index < -0.39 is 0 Å². The number of fused-ring (bicyclic) bond motifs is 1. The first-order chi connectivity index (χ1) is 8.88. The van der Waals surface area contributed by atoms with E-state index in [2.05, 4.69) is 20.9 Å². The van der Waals surface area contributed by atoms with Crippen molar-refractivity contribution in [3.8, 4) is 5.75 Å². The average molecular weight is 245 g/mol. The third kappa shape index (κ3) is 2.08. The smallest absolute Gasteiger partial charge is 0.122 e. The van der Waals surface area contributed by atoms with E-state index in [1.807, 2.05) is 18.3 Å².